The van der Waals surface area contributed by atoms with Crippen LogP contribution in [0.1, 0.15) is 13.8 Å². The number of carbonyl (C=O) groups is 1. The summed E-state index contributed by atoms with van der Waals surface area (Å²) in [5.41, 5.74) is 0. The van der Waals surface area contributed by atoms with E-state index >= 15 is 0 Å². The lowest BCUT2D eigenvalue weighted by Gasteiger charge is -2.23. The van der Waals surface area contributed by atoms with E-state index in [4.69, 9.17) is 0 Å². The van der Waals surface area contributed by atoms with E-state index < -0.39 is 10.0 Å². The van der Waals surface area contributed by atoms with Gasteiger partial charge in [0.25, 0.3) is 0 Å². The number of rotatable bonds is 7. The molecule has 0 N–H and O–H groups in total. The molecule has 4 nitrogen and oxygen atoms in total. The Balaban J connectivity index is 2.10. The van der Waals surface area contributed by atoms with Gasteiger partial charge in [0.2, 0.25) is 10.0 Å². The predicted molar refractivity (Wildman–Crippen MR) is 105 cm³/mol. The van der Waals surface area contributed by atoms with Gasteiger partial charge in [-0.25, -0.2) is 8.42 Å². The van der Waals surface area contributed by atoms with Gasteiger partial charge in [0.05, 0.1) is 4.90 Å². The standard InChI is InChI=1S/C18H21NO3S3/c1-14(13-23-15(2)20)19(3)25(21,22)18-11-9-17(10-12-18)24-16-7-5-4-6-8-16/h4-12,14H,13H2,1-3H3/t14-/m0/s1. The molecule has 0 fully saturated rings. The summed E-state index contributed by atoms with van der Waals surface area (Å²) in [7, 11) is -2.03. The lowest BCUT2D eigenvalue weighted by atomic mass is 10.4. The SMILES string of the molecule is CC(=O)SC[C@H](C)N(C)S(=O)(=O)c1ccc(Sc2ccccc2)cc1. The van der Waals surface area contributed by atoms with Crippen molar-refractivity contribution in [3.05, 3.63) is 54.6 Å². The zero-order chi connectivity index (χ0) is 18.4. The monoisotopic (exact) mass is 395 g/mol. The Morgan fingerprint density at radius 1 is 1.04 bits per heavy atom. The van der Waals surface area contributed by atoms with E-state index in [9.17, 15) is 13.2 Å². The first kappa shape index (κ1) is 20.0. The van der Waals surface area contributed by atoms with Crippen LogP contribution in [-0.4, -0.2) is 36.7 Å². The van der Waals surface area contributed by atoms with Gasteiger partial charge in [-0.2, -0.15) is 4.31 Å². The molecule has 0 saturated carbocycles. The Morgan fingerprint density at radius 3 is 2.16 bits per heavy atom. The van der Waals surface area contributed by atoms with Crippen LogP contribution in [0.3, 0.4) is 0 Å². The quantitative estimate of drug-likeness (QED) is 0.706. The van der Waals surface area contributed by atoms with Crippen molar-refractivity contribution >= 4 is 38.7 Å². The molecule has 134 valence electrons. The van der Waals surface area contributed by atoms with Crippen LogP contribution in [0, 0.1) is 0 Å². The largest absolute Gasteiger partial charge is 0.288 e. The summed E-state index contributed by atoms with van der Waals surface area (Å²) in [6, 6.07) is 16.5. The number of benzene rings is 2. The molecular weight excluding hydrogens is 374 g/mol. The highest BCUT2D eigenvalue weighted by atomic mass is 32.2. The lowest BCUT2D eigenvalue weighted by molar-refractivity contribution is -0.109. The van der Waals surface area contributed by atoms with Gasteiger partial charge in [0.15, 0.2) is 5.12 Å². The van der Waals surface area contributed by atoms with Gasteiger partial charge in [-0.1, -0.05) is 41.7 Å². The molecule has 0 aliphatic rings. The minimum absolute atomic E-state index is 0.0139. The average Bonchev–Trinajstić information content (AvgIpc) is 2.60. The van der Waals surface area contributed by atoms with E-state index in [2.05, 4.69) is 0 Å². The van der Waals surface area contributed by atoms with Crippen molar-refractivity contribution in [2.45, 2.75) is 34.6 Å². The second-order valence-electron chi connectivity index (χ2n) is 5.56. The first-order chi connectivity index (χ1) is 11.8. The fourth-order valence-electron chi connectivity index (χ4n) is 2.05. The van der Waals surface area contributed by atoms with Crippen molar-refractivity contribution in [2.24, 2.45) is 0 Å². The van der Waals surface area contributed by atoms with Crippen molar-refractivity contribution in [3.8, 4) is 0 Å². The molecule has 0 bridgehead atoms. The predicted octanol–water partition coefficient (Wildman–Crippen LogP) is 4.13. The van der Waals surface area contributed by atoms with E-state index in [-0.39, 0.29) is 16.1 Å². The van der Waals surface area contributed by atoms with Gasteiger partial charge < -0.3 is 0 Å². The summed E-state index contributed by atoms with van der Waals surface area (Å²) >= 11 is 2.72. The molecular formula is C18H21NO3S3. The minimum Gasteiger partial charge on any atom is -0.288 e. The van der Waals surface area contributed by atoms with E-state index in [1.54, 1.807) is 37.9 Å². The summed E-state index contributed by atoms with van der Waals surface area (Å²) in [6.07, 6.45) is 0. The topological polar surface area (TPSA) is 54.5 Å². The second-order valence-corrected chi connectivity index (χ2v) is 9.90. The number of hydrogen-bond donors (Lipinski definition) is 0. The molecule has 25 heavy (non-hydrogen) atoms. The second kappa shape index (κ2) is 8.89. The van der Waals surface area contributed by atoms with Crippen LogP contribution >= 0.6 is 23.5 Å². The van der Waals surface area contributed by atoms with Crippen LogP contribution in [0.25, 0.3) is 0 Å². The van der Waals surface area contributed by atoms with Crippen LogP contribution < -0.4 is 0 Å². The van der Waals surface area contributed by atoms with Gasteiger partial charge in [-0.05, 0) is 43.3 Å². The van der Waals surface area contributed by atoms with Crippen LogP contribution in [0.2, 0.25) is 0 Å². The molecule has 7 heteroatoms. The summed E-state index contributed by atoms with van der Waals surface area (Å²) in [4.78, 5) is 13.4. The first-order valence-corrected chi connectivity index (χ1v) is 11.0. The summed E-state index contributed by atoms with van der Waals surface area (Å²) < 4.78 is 26.7. The summed E-state index contributed by atoms with van der Waals surface area (Å²) in [6.45, 7) is 3.28. The normalized spacial score (nSPS) is 13.0. The van der Waals surface area contributed by atoms with E-state index in [1.807, 2.05) is 42.5 Å². The third-order valence-electron chi connectivity index (χ3n) is 3.63. The van der Waals surface area contributed by atoms with E-state index in [1.165, 1.54) is 11.2 Å². The molecule has 0 saturated heterocycles. The summed E-state index contributed by atoms with van der Waals surface area (Å²) in [5, 5.41) is -0.0139. The maximum Gasteiger partial charge on any atom is 0.243 e. The van der Waals surface area contributed by atoms with Crippen molar-refractivity contribution in [3.63, 3.8) is 0 Å². The molecule has 1 atom stereocenters. The number of hydrogen-bond acceptors (Lipinski definition) is 5. The highest BCUT2D eigenvalue weighted by Gasteiger charge is 2.25. The average molecular weight is 396 g/mol. The molecule has 0 aliphatic heterocycles. The zero-order valence-corrected chi connectivity index (χ0v) is 16.8. The van der Waals surface area contributed by atoms with Crippen molar-refractivity contribution in [1.29, 1.82) is 0 Å². The van der Waals surface area contributed by atoms with Gasteiger partial charge in [-0.15, -0.1) is 0 Å². The molecule has 0 unspecified atom stereocenters. The van der Waals surface area contributed by atoms with Gasteiger partial charge in [-0.3, -0.25) is 4.79 Å². The molecule has 0 heterocycles. The summed E-state index contributed by atoms with van der Waals surface area (Å²) in [5.74, 6) is 0.438. The highest BCUT2D eigenvalue weighted by molar-refractivity contribution is 8.13. The number of thioether (sulfide) groups is 1. The number of sulfonamides is 1. The van der Waals surface area contributed by atoms with Gasteiger partial charge in [0.1, 0.15) is 0 Å². The molecule has 0 amide bonds. The van der Waals surface area contributed by atoms with Crippen molar-refractivity contribution in [2.75, 3.05) is 12.8 Å². The molecule has 0 radical (unpaired) electrons. The Bertz CT molecular complexity index is 805. The molecule has 2 aromatic carbocycles. The Morgan fingerprint density at radius 2 is 1.60 bits per heavy atom. The number of nitrogens with zero attached hydrogens (tertiary/aromatic N) is 1. The molecule has 0 spiro atoms. The zero-order valence-electron chi connectivity index (χ0n) is 14.4. The highest BCUT2D eigenvalue weighted by Crippen LogP contribution is 2.29. The minimum atomic E-state index is -3.58. The lowest BCUT2D eigenvalue weighted by Crippen LogP contribution is -2.36. The molecule has 0 aliphatic carbocycles. The van der Waals surface area contributed by atoms with Crippen LogP contribution in [0.15, 0.2) is 69.3 Å². The third-order valence-corrected chi connectivity index (χ3v) is 7.69. The smallest absolute Gasteiger partial charge is 0.243 e. The fraction of sp³-hybridized carbons (Fsp3) is 0.278. The molecule has 2 rings (SSSR count). The van der Waals surface area contributed by atoms with E-state index in [0.717, 1.165) is 21.6 Å². The third kappa shape index (κ3) is 5.60. The van der Waals surface area contributed by atoms with Crippen molar-refractivity contribution < 1.29 is 13.2 Å². The number of carbonyl (C=O) groups excluding carboxylic acids is 1. The Labute approximate surface area is 158 Å². The fourth-order valence-corrected chi connectivity index (χ4v) is 5.04. The maximum absolute atomic E-state index is 12.7. The van der Waals surface area contributed by atoms with Crippen molar-refractivity contribution in [1.82, 2.24) is 4.31 Å². The molecule has 0 aromatic heterocycles. The molecule has 2 aromatic rings. The van der Waals surface area contributed by atoms with Crippen LogP contribution in [-0.2, 0) is 14.8 Å². The Kier molecular flexibility index (Phi) is 7.13. The Hall–Kier alpha value is -1.28. The first-order valence-electron chi connectivity index (χ1n) is 7.75. The van der Waals surface area contributed by atoms with Gasteiger partial charge >= 0.3 is 0 Å². The van der Waals surface area contributed by atoms with Crippen LogP contribution in [0.5, 0.6) is 0 Å². The van der Waals surface area contributed by atoms with E-state index in [0.29, 0.717) is 5.75 Å². The van der Waals surface area contributed by atoms with Gasteiger partial charge in [0, 0.05) is 35.6 Å². The van der Waals surface area contributed by atoms with Crippen LogP contribution in [0.4, 0.5) is 0 Å². The maximum atomic E-state index is 12.7.